The van der Waals surface area contributed by atoms with E-state index in [1.807, 2.05) is 13.8 Å². The van der Waals surface area contributed by atoms with E-state index in [9.17, 15) is 14.3 Å². The number of ether oxygens (including phenoxy) is 1. The molecule has 0 spiro atoms. The van der Waals surface area contributed by atoms with E-state index in [1.54, 1.807) is 6.07 Å². The molecule has 10 heteroatoms. The Kier molecular flexibility index (Phi) is 9.02. The van der Waals surface area contributed by atoms with Crippen LogP contribution in [0.2, 0.25) is 0 Å². The van der Waals surface area contributed by atoms with Gasteiger partial charge in [-0.15, -0.1) is 0 Å². The standard InChI is InChI=1S/C23H33FN4O5/c1-15(2)21-26-23(33-27-21)28-9-7-16(8-10-28)4-3-11-32-18-5-6-19(20(24)12-18)22(31)25-13-17(30)14-29/h5-6,12,15-17,29-30H,3-4,7-11,13-14H2,1-2H3,(H,25,31)/t17-/m0/s1. The summed E-state index contributed by atoms with van der Waals surface area (Å²) in [6, 6.07) is 4.69. The Hall–Kier alpha value is -2.72. The van der Waals surface area contributed by atoms with Gasteiger partial charge in [-0.1, -0.05) is 19.0 Å². The zero-order valence-electron chi connectivity index (χ0n) is 19.2. The second kappa shape index (κ2) is 11.9. The third-order valence-corrected chi connectivity index (χ3v) is 5.75. The molecule has 2 aromatic rings. The highest BCUT2D eigenvalue weighted by Crippen LogP contribution is 2.26. The Morgan fingerprint density at radius 1 is 1.36 bits per heavy atom. The molecule has 0 aliphatic carbocycles. The Bertz CT molecular complexity index is 899. The first-order valence-electron chi connectivity index (χ1n) is 11.5. The number of rotatable bonds is 11. The summed E-state index contributed by atoms with van der Waals surface area (Å²) in [7, 11) is 0. The summed E-state index contributed by atoms with van der Waals surface area (Å²) in [5.41, 5.74) is -0.138. The summed E-state index contributed by atoms with van der Waals surface area (Å²) >= 11 is 0. The average molecular weight is 465 g/mol. The zero-order chi connectivity index (χ0) is 23.8. The van der Waals surface area contributed by atoms with Crippen LogP contribution in [-0.2, 0) is 0 Å². The molecule has 0 bridgehead atoms. The number of anilines is 1. The van der Waals surface area contributed by atoms with E-state index in [2.05, 4.69) is 20.4 Å². The Balaban J connectivity index is 1.36. The molecule has 1 aliphatic heterocycles. The minimum atomic E-state index is -1.08. The summed E-state index contributed by atoms with van der Waals surface area (Å²) in [4.78, 5) is 18.6. The lowest BCUT2D eigenvalue weighted by molar-refractivity contribution is 0.0799. The van der Waals surface area contributed by atoms with Gasteiger partial charge in [0.25, 0.3) is 5.91 Å². The monoisotopic (exact) mass is 464 g/mol. The van der Waals surface area contributed by atoms with Gasteiger partial charge in [0.15, 0.2) is 5.82 Å². The molecule has 1 atom stereocenters. The number of benzene rings is 1. The largest absolute Gasteiger partial charge is 0.493 e. The fourth-order valence-corrected chi connectivity index (χ4v) is 3.70. The average Bonchev–Trinajstić information content (AvgIpc) is 3.31. The highest BCUT2D eigenvalue weighted by Gasteiger charge is 2.23. The van der Waals surface area contributed by atoms with Crippen LogP contribution in [0, 0.1) is 11.7 Å². The number of piperidine rings is 1. The summed E-state index contributed by atoms with van der Waals surface area (Å²) in [5, 5.41) is 24.4. The molecule has 182 valence electrons. The number of carbonyl (C=O) groups excluding carboxylic acids is 1. The lowest BCUT2D eigenvalue weighted by atomic mass is 9.92. The minimum Gasteiger partial charge on any atom is -0.493 e. The first kappa shape index (κ1) is 24.9. The number of nitrogens with zero attached hydrogens (tertiary/aromatic N) is 3. The number of hydrogen-bond donors (Lipinski definition) is 3. The van der Waals surface area contributed by atoms with Gasteiger partial charge < -0.3 is 29.7 Å². The fraction of sp³-hybridized carbons (Fsp3) is 0.609. The van der Waals surface area contributed by atoms with Crippen LogP contribution < -0.4 is 15.0 Å². The van der Waals surface area contributed by atoms with E-state index >= 15 is 0 Å². The molecule has 9 nitrogen and oxygen atoms in total. The van der Waals surface area contributed by atoms with Gasteiger partial charge in [-0.2, -0.15) is 4.98 Å². The SMILES string of the molecule is CC(C)c1noc(N2CCC(CCCOc3ccc(C(=O)NC[C@H](O)CO)c(F)c3)CC2)n1. The van der Waals surface area contributed by atoms with Gasteiger partial charge in [-0.05, 0) is 43.7 Å². The molecular formula is C23H33FN4O5. The van der Waals surface area contributed by atoms with E-state index in [0.29, 0.717) is 24.3 Å². The van der Waals surface area contributed by atoms with Crippen molar-refractivity contribution >= 4 is 11.9 Å². The van der Waals surface area contributed by atoms with Crippen molar-refractivity contribution in [3.8, 4) is 5.75 Å². The third-order valence-electron chi connectivity index (χ3n) is 5.75. The second-order valence-corrected chi connectivity index (χ2v) is 8.70. The molecule has 3 rings (SSSR count). The van der Waals surface area contributed by atoms with Crippen LogP contribution in [0.15, 0.2) is 22.7 Å². The van der Waals surface area contributed by atoms with E-state index in [-0.39, 0.29) is 18.0 Å². The van der Waals surface area contributed by atoms with Crippen molar-refractivity contribution in [2.24, 2.45) is 5.92 Å². The van der Waals surface area contributed by atoms with E-state index in [4.69, 9.17) is 14.4 Å². The number of amides is 1. The van der Waals surface area contributed by atoms with Gasteiger partial charge in [0.05, 0.1) is 24.9 Å². The molecule has 1 aliphatic rings. The maximum Gasteiger partial charge on any atom is 0.324 e. The summed E-state index contributed by atoms with van der Waals surface area (Å²) < 4.78 is 25.3. The second-order valence-electron chi connectivity index (χ2n) is 8.70. The van der Waals surface area contributed by atoms with Gasteiger partial charge in [0.2, 0.25) is 0 Å². The highest BCUT2D eigenvalue weighted by molar-refractivity contribution is 5.94. The van der Waals surface area contributed by atoms with Gasteiger partial charge in [-0.3, -0.25) is 4.79 Å². The van der Waals surface area contributed by atoms with Crippen LogP contribution in [-0.4, -0.2) is 65.2 Å². The van der Waals surface area contributed by atoms with Gasteiger partial charge in [0.1, 0.15) is 11.6 Å². The predicted molar refractivity (Wildman–Crippen MR) is 120 cm³/mol. The van der Waals surface area contributed by atoms with Crippen molar-refractivity contribution in [1.29, 1.82) is 0 Å². The number of halogens is 1. The summed E-state index contributed by atoms with van der Waals surface area (Å²) in [6.07, 6.45) is 2.88. The maximum atomic E-state index is 14.3. The van der Waals surface area contributed by atoms with Crippen molar-refractivity contribution in [1.82, 2.24) is 15.5 Å². The number of nitrogens with one attached hydrogen (secondary N) is 1. The van der Waals surface area contributed by atoms with Crippen LogP contribution >= 0.6 is 0 Å². The maximum absolute atomic E-state index is 14.3. The zero-order valence-corrected chi connectivity index (χ0v) is 19.2. The molecule has 1 aromatic heterocycles. The quantitative estimate of drug-likeness (QED) is 0.434. The smallest absolute Gasteiger partial charge is 0.324 e. The lowest BCUT2D eigenvalue weighted by Crippen LogP contribution is -2.34. The van der Waals surface area contributed by atoms with Gasteiger partial charge >= 0.3 is 6.01 Å². The van der Waals surface area contributed by atoms with E-state index in [0.717, 1.165) is 44.6 Å². The molecule has 0 saturated carbocycles. The number of carbonyl (C=O) groups is 1. The molecular weight excluding hydrogens is 431 g/mol. The minimum absolute atomic E-state index is 0.138. The molecule has 1 fully saturated rings. The Morgan fingerprint density at radius 3 is 2.76 bits per heavy atom. The molecule has 0 radical (unpaired) electrons. The molecule has 2 heterocycles. The van der Waals surface area contributed by atoms with Crippen molar-refractivity contribution in [3.05, 3.63) is 35.4 Å². The van der Waals surface area contributed by atoms with Crippen LogP contribution in [0.3, 0.4) is 0 Å². The highest BCUT2D eigenvalue weighted by atomic mass is 19.1. The van der Waals surface area contributed by atoms with Crippen molar-refractivity contribution in [2.75, 3.05) is 37.7 Å². The summed E-state index contributed by atoms with van der Waals surface area (Å²) in [6.45, 7) is 5.68. The van der Waals surface area contributed by atoms with Gasteiger partial charge in [0, 0.05) is 31.6 Å². The Morgan fingerprint density at radius 2 is 2.12 bits per heavy atom. The van der Waals surface area contributed by atoms with Crippen LogP contribution in [0.5, 0.6) is 5.75 Å². The molecule has 3 N–H and O–H groups in total. The lowest BCUT2D eigenvalue weighted by Gasteiger charge is -2.30. The molecule has 0 unspecified atom stereocenters. The first-order valence-corrected chi connectivity index (χ1v) is 11.5. The van der Waals surface area contributed by atoms with Gasteiger partial charge in [-0.25, -0.2) is 4.39 Å². The number of aliphatic hydroxyl groups excluding tert-OH is 2. The van der Waals surface area contributed by atoms with Crippen molar-refractivity contribution < 1.29 is 28.7 Å². The van der Waals surface area contributed by atoms with Crippen LogP contribution in [0.25, 0.3) is 0 Å². The number of hydrogen-bond acceptors (Lipinski definition) is 8. The van der Waals surface area contributed by atoms with Crippen molar-refractivity contribution in [3.63, 3.8) is 0 Å². The molecule has 33 heavy (non-hydrogen) atoms. The third kappa shape index (κ3) is 7.13. The molecule has 1 aromatic carbocycles. The normalized spacial score (nSPS) is 15.6. The fourth-order valence-electron chi connectivity index (χ4n) is 3.70. The van der Waals surface area contributed by atoms with E-state index in [1.165, 1.54) is 12.1 Å². The number of aliphatic hydroxyl groups is 2. The predicted octanol–water partition coefficient (Wildman–Crippen LogP) is 2.49. The van der Waals surface area contributed by atoms with Crippen LogP contribution in [0.4, 0.5) is 10.4 Å². The summed E-state index contributed by atoms with van der Waals surface area (Å²) in [5.74, 6) is 0.583. The van der Waals surface area contributed by atoms with Crippen LogP contribution in [0.1, 0.15) is 61.6 Å². The topological polar surface area (TPSA) is 121 Å². The Labute approximate surface area is 192 Å². The first-order chi connectivity index (χ1) is 15.9. The van der Waals surface area contributed by atoms with Crippen molar-refractivity contribution in [2.45, 2.75) is 51.6 Å². The number of aromatic nitrogens is 2. The van der Waals surface area contributed by atoms with E-state index < -0.39 is 24.4 Å². The molecule has 1 saturated heterocycles. The molecule has 1 amide bonds.